The van der Waals surface area contributed by atoms with Gasteiger partial charge in [-0.2, -0.15) is 0 Å². The number of hydrogen-bond acceptors (Lipinski definition) is 0. The van der Waals surface area contributed by atoms with Crippen LogP contribution in [0.1, 0.15) is 42.5 Å². The van der Waals surface area contributed by atoms with Gasteiger partial charge in [0, 0.05) is 0 Å². The van der Waals surface area contributed by atoms with E-state index in [2.05, 4.69) is 111 Å². The van der Waals surface area contributed by atoms with E-state index in [0.29, 0.717) is 5.92 Å². The summed E-state index contributed by atoms with van der Waals surface area (Å²) in [6.07, 6.45) is 3.66. The molecular weight excluding hydrogens is 483 g/mol. The third-order valence-corrected chi connectivity index (χ3v) is 11.0. The molecule has 0 aliphatic heterocycles. The van der Waals surface area contributed by atoms with Crippen LogP contribution < -0.4 is 47.6 Å². The number of allylic oxidation sites excluding steroid dienone is 4. The Hall–Kier alpha value is -0.279. The number of rotatable bonds is 4. The van der Waals surface area contributed by atoms with Crippen molar-refractivity contribution < 1.29 is 57.7 Å². The molecule has 0 radical (unpaired) electrons. The molecule has 160 valence electrons. The normalized spacial score (nSPS) is 13.5. The first-order chi connectivity index (χ1) is 12.6. The molecule has 1 aliphatic carbocycles. The summed E-state index contributed by atoms with van der Waals surface area (Å²) >= 11 is 2.33. The van der Waals surface area contributed by atoms with Crippen molar-refractivity contribution in [2.75, 3.05) is 0 Å². The third-order valence-electron chi connectivity index (χ3n) is 5.84. The average molecular weight is 514 g/mol. The predicted molar refractivity (Wildman–Crippen MR) is 117 cm³/mol. The van der Waals surface area contributed by atoms with Crippen LogP contribution in [-0.2, 0) is 20.4 Å². The number of benzene rings is 2. The molecule has 2 aromatic carbocycles. The second-order valence-corrected chi connectivity index (χ2v) is 13.6. The summed E-state index contributed by atoms with van der Waals surface area (Å²) in [6.45, 7) is 16.2. The Morgan fingerprint density at radius 1 is 0.733 bits per heavy atom. The summed E-state index contributed by atoms with van der Waals surface area (Å²) in [5.74, 6) is 0.572. The van der Waals surface area contributed by atoms with Crippen LogP contribution in [0.3, 0.4) is 0 Å². The predicted octanol–water partition coefficient (Wildman–Crippen LogP) is -3.55. The van der Waals surface area contributed by atoms with E-state index in [9.17, 15) is 0 Å². The standard InChI is InChI=1S/C25H31Si.3ClH.Ti/c1-17(2)24-9-8-10-25(24)26(7,22-13-18(3)11-19(4)14-22)23-15-20(5)12-21(6)16-23;;;;/h10-17H,8H2,1-7H3;3*1H;/q;;;;+3/p-3. The Labute approximate surface area is 214 Å². The first-order valence-electron chi connectivity index (χ1n) is 9.96. The van der Waals surface area contributed by atoms with Gasteiger partial charge in [0.05, 0.1) is 0 Å². The van der Waals surface area contributed by atoms with Crippen molar-refractivity contribution in [3.05, 3.63) is 79.4 Å². The largest absolute Gasteiger partial charge is 1.00 e. The van der Waals surface area contributed by atoms with Crippen LogP contribution in [0.15, 0.2) is 57.1 Å². The Morgan fingerprint density at radius 2 is 1.10 bits per heavy atom. The zero-order valence-electron chi connectivity index (χ0n) is 19.0. The molecule has 1 aliphatic rings. The molecule has 3 rings (SSSR count). The molecular formula is C25H31Cl3SiTi. The summed E-state index contributed by atoms with van der Waals surface area (Å²) in [7, 11) is -2.06. The van der Waals surface area contributed by atoms with Gasteiger partial charge in [-0.1, -0.05) is 0 Å². The maximum absolute atomic E-state index is 2.57. The van der Waals surface area contributed by atoms with Gasteiger partial charge in [0.2, 0.25) is 0 Å². The molecule has 0 heterocycles. The fraction of sp³-hybridized carbons (Fsp3) is 0.360. The minimum absolute atomic E-state index is 0. The topological polar surface area (TPSA) is 0 Å². The van der Waals surface area contributed by atoms with Crippen molar-refractivity contribution in [3.8, 4) is 0 Å². The molecule has 0 unspecified atom stereocenters. The number of halogens is 3. The van der Waals surface area contributed by atoms with Crippen molar-refractivity contribution in [1.82, 2.24) is 0 Å². The van der Waals surface area contributed by atoms with Crippen LogP contribution in [0.4, 0.5) is 0 Å². The molecule has 0 saturated carbocycles. The van der Waals surface area contributed by atoms with Gasteiger partial charge in [-0.3, -0.25) is 0 Å². The molecule has 5 heteroatoms. The Morgan fingerprint density at radius 3 is 1.43 bits per heavy atom. The summed E-state index contributed by atoms with van der Waals surface area (Å²) < 4.78 is 1.56. The molecule has 0 atom stereocenters. The molecule has 0 fully saturated rings. The smallest absolute Gasteiger partial charge is 1.00 e. The van der Waals surface area contributed by atoms with E-state index in [1.165, 1.54) is 22.3 Å². The van der Waals surface area contributed by atoms with Gasteiger partial charge >= 0.3 is 179 Å². The van der Waals surface area contributed by atoms with Crippen molar-refractivity contribution in [2.45, 2.75) is 54.5 Å². The first-order valence-corrected chi connectivity index (χ1v) is 13.2. The summed E-state index contributed by atoms with van der Waals surface area (Å²) in [5, 5.41) is 4.73. The van der Waals surface area contributed by atoms with Gasteiger partial charge in [0.25, 0.3) is 0 Å². The Kier molecular flexibility index (Phi) is 11.4. The van der Waals surface area contributed by atoms with E-state index in [0.717, 1.165) is 6.42 Å². The molecule has 0 N–H and O–H groups in total. The van der Waals surface area contributed by atoms with Crippen LogP contribution in [-0.4, -0.2) is 8.07 Å². The van der Waals surface area contributed by atoms with Crippen LogP contribution in [0.5, 0.6) is 0 Å². The maximum atomic E-state index is 2.57. The number of aryl methyl sites for hydroxylation is 4. The first kappa shape index (κ1) is 29.7. The molecule has 2 aromatic rings. The minimum Gasteiger partial charge on any atom is -1.00 e. The van der Waals surface area contributed by atoms with Gasteiger partial charge in [0.15, 0.2) is 0 Å². The van der Waals surface area contributed by atoms with E-state index in [1.54, 1.807) is 25.0 Å². The Balaban J connectivity index is 0.00000280. The fourth-order valence-corrected chi connectivity index (χ4v) is 10.2. The van der Waals surface area contributed by atoms with E-state index in [-0.39, 0.29) is 37.2 Å². The molecule has 0 aromatic heterocycles. The van der Waals surface area contributed by atoms with Gasteiger partial charge < -0.3 is 37.2 Å². The quantitative estimate of drug-likeness (QED) is 0.372. The summed E-state index contributed by atoms with van der Waals surface area (Å²) in [4.78, 5) is 0. The van der Waals surface area contributed by atoms with Gasteiger partial charge in [-0.05, 0) is 0 Å². The van der Waals surface area contributed by atoms with Crippen LogP contribution in [0, 0.1) is 33.6 Å². The van der Waals surface area contributed by atoms with E-state index < -0.39 is 8.07 Å². The second kappa shape index (κ2) is 11.5. The summed E-state index contributed by atoms with van der Waals surface area (Å²) in [6, 6.07) is 14.4. The third kappa shape index (κ3) is 5.74. The van der Waals surface area contributed by atoms with Gasteiger partial charge in [-0.25, -0.2) is 0 Å². The molecule has 0 bridgehead atoms. The van der Waals surface area contributed by atoms with Crippen molar-refractivity contribution in [2.24, 2.45) is 5.92 Å². The SMILES string of the molecule is Cc1cc(C)cc([Si](C)(C2=CC[C]([Ti+3])=C2C(C)C)c2cc(C)cc(C)c2)c1.[Cl-].[Cl-].[Cl-]. The monoisotopic (exact) mass is 512 g/mol. The van der Waals surface area contributed by atoms with Gasteiger partial charge in [-0.15, -0.1) is 0 Å². The number of hydrogen-bond donors (Lipinski definition) is 0. The minimum atomic E-state index is -2.06. The fourth-order valence-electron chi connectivity index (χ4n) is 4.72. The van der Waals surface area contributed by atoms with Crippen molar-refractivity contribution in [1.29, 1.82) is 0 Å². The van der Waals surface area contributed by atoms with E-state index in [4.69, 9.17) is 0 Å². The van der Waals surface area contributed by atoms with Crippen LogP contribution in [0.2, 0.25) is 6.55 Å². The van der Waals surface area contributed by atoms with Gasteiger partial charge in [0.1, 0.15) is 0 Å². The van der Waals surface area contributed by atoms with Crippen LogP contribution in [0.25, 0.3) is 0 Å². The van der Waals surface area contributed by atoms with Crippen molar-refractivity contribution in [3.63, 3.8) is 0 Å². The van der Waals surface area contributed by atoms with E-state index >= 15 is 0 Å². The zero-order valence-corrected chi connectivity index (χ0v) is 23.8. The molecule has 0 spiro atoms. The maximum Gasteiger partial charge on any atom is -1.00 e. The molecule has 0 saturated heterocycles. The Bertz CT molecular complexity index is 869. The van der Waals surface area contributed by atoms with Crippen LogP contribution >= 0.6 is 0 Å². The molecule has 30 heavy (non-hydrogen) atoms. The molecule has 0 amide bonds. The zero-order chi connectivity index (χ0) is 19.9. The van der Waals surface area contributed by atoms with Crippen molar-refractivity contribution >= 4 is 18.4 Å². The van der Waals surface area contributed by atoms with E-state index in [1.807, 2.05) is 0 Å². The molecule has 0 nitrogen and oxygen atoms in total. The second-order valence-electron chi connectivity index (χ2n) is 8.75. The average Bonchev–Trinajstić information content (AvgIpc) is 2.94. The summed E-state index contributed by atoms with van der Waals surface area (Å²) in [5.41, 5.74) is 7.11.